The first kappa shape index (κ1) is 74.9. The Morgan fingerprint density at radius 1 is 0.326 bits per heavy atom. The van der Waals surface area contributed by atoms with Crippen molar-refractivity contribution in [3.05, 3.63) is 72.8 Å². The van der Waals surface area contributed by atoms with Crippen LogP contribution in [0.2, 0.25) is 0 Å². The standard InChI is InChI=1S/C62H93N11O16/c1-46(74)70-49-14-20-52(21-15-49)87-37-5-11-55(77)64-30-8-33-67-58(80)27-40-84-43-62(73-61(83)26-36-63-4,44-85-41-28-59(81)68-34-9-31-65-56(78)12-6-38-88-53-22-16-50(17-23-53)71-47(2)75)45-86-42-29-60(82)69-35-10-32-66-57(79)13-7-39-89-54-24-18-51(19-25-54)72-48(3)76/h14-25,63H,5-13,26-45H2,1-4H3,(H,64,77)(H,65,78)(H,66,79)(H,67,80)(H,68,81)(H,69,82)(H,70,74)(H,71,75)(H,72,76)(H,73,83). The van der Waals surface area contributed by atoms with Crippen molar-refractivity contribution >= 4 is 76.1 Å². The van der Waals surface area contributed by atoms with E-state index in [4.69, 9.17) is 28.4 Å². The summed E-state index contributed by atoms with van der Waals surface area (Å²) < 4.78 is 35.0. The van der Waals surface area contributed by atoms with Crippen molar-refractivity contribution in [3.63, 3.8) is 0 Å². The highest BCUT2D eigenvalue weighted by molar-refractivity contribution is 5.90. The minimum atomic E-state index is -1.31. The van der Waals surface area contributed by atoms with Crippen LogP contribution in [0.15, 0.2) is 72.8 Å². The molecule has 492 valence electrons. The van der Waals surface area contributed by atoms with Crippen molar-refractivity contribution in [2.45, 2.75) is 110 Å². The van der Waals surface area contributed by atoms with E-state index in [2.05, 4.69) is 58.5 Å². The number of hydrogen-bond acceptors (Lipinski definition) is 17. The van der Waals surface area contributed by atoms with Crippen LogP contribution in [0, 0.1) is 0 Å². The quantitative estimate of drug-likeness (QED) is 0.0362. The van der Waals surface area contributed by atoms with Gasteiger partial charge in [0, 0.05) is 129 Å². The Labute approximate surface area is 521 Å². The van der Waals surface area contributed by atoms with Gasteiger partial charge in [-0.2, -0.15) is 0 Å². The van der Waals surface area contributed by atoms with Crippen molar-refractivity contribution in [1.29, 1.82) is 0 Å². The molecule has 0 fully saturated rings. The highest BCUT2D eigenvalue weighted by Gasteiger charge is 2.34. The zero-order chi connectivity index (χ0) is 64.7. The molecule has 0 saturated carbocycles. The first-order chi connectivity index (χ1) is 42.9. The van der Waals surface area contributed by atoms with E-state index in [9.17, 15) is 47.9 Å². The van der Waals surface area contributed by atoms with E-state index in [1.54, 1.807) is 79.8 Å². The van der Waals surface area contributed by atoms with Gasteiger partial charge in [0.15, 0.2) is 0 Å². The molecule has 0 radical (unpaired) electrons. The number of benzene rings is 3. The van der Waals surface area contributed by atoms with Crippen LogP contribution in [0.3, 0.4) is 0 Å². The van der Waals surface area contributed by atoms with Crippen molar-refractivity contribution in [2.24, 2.45) is 0 Å². The molecule has 89 heavy (non-hydrogen) atoms. The van der Waals surface area contributed by atoms with Crippen LogP contribution in [-0.2, 0) is 62.2 Å². The van der Waals surface area contributed by atoms with Crippen LogP contribution >= 0.6 is 0 Å². The molecule has 0 heterocycles. The van der Waals surface area contributed by atoms with Crippen LogP contribution in [0.5, 0.6) is 17.2 Å². The van der Waals surface area contributed by atoms with E-state index in [0.717, 1.165) is 0 Å². The van der Waals surface area contributed by atoms with Gasteiger partial charge in [0.2, 0.25) is 59.1 Å². The van der Waals surface area contributed by atoms with Crippen LogP contribution in [-0.4, -0.2) is 177 Å². The zero-order valence-corrected chi connectivity index (χ0v) is 52.0. The summed E-state index contributed by atoms with van der Waals surface area (Å²) in [5, 5.41) is 30.9. The topological polar surface area (TPSA) is 358 Å². The first-order valence-electron chi connectivity index (χ1n) is 30.2. The summed E-state index contributed by atoms with van der Waals surface area (Å²) >= 11 is 0. The van der Waals surface area contributed by atoms with Gasteiger partial charge in [-0.25, -0.2) is 0 Å². The minimum Gasteiger partial charge on any atom is -0.494 e. The third-order valence-corrected chi connectivity index (χ3v) is 12.5. The number of anilines is 3. The Balaban J connectivity index is 1.42. The maximum Gasteiger partial charge on any atom is 0.222 e. The Kier molecular flexibility index (Phi) is 38.5. The molecule has 0 aliphatic rings. The molecule has 0 atom stereocenters. The predicted octanol–water partition coefficient (Wildman–Crippen LogP) is 2.99. The lowest BCUT2D eigenvalue weighted by Gasteiger charge is -2.34. The van der Waals surface area contributed by atoms with Crippen LogP contribution < -0.4 is 72.7 Å². The van der Waals surface area contributed by atoms with E-state index in [0.29, 0.717) is 138 Å². The fourth-order valence-corrected chi connectivity index (χ4v) is 8.07. The monoisotopic (exact) mass is 1250 g/mol. The fraction of sp³-hybridized carbons (Fsp3) is 0.548. The molecule has 3 aromatic rings. The average Bonchev–Trinajstić information content (AvgIpc) is 3.61. The number of ether oxygens (including phenoxy) is 6. The summed E-state index contributed by atoms with van der Waals surface area (Å²) in [4.78, 5) is 123. The van der Waals surface area contributed by atoms with E-state index in [1.165, 1.54) is 20.8 Å². The summed E-state index contributed by atoms with van der Waals surface area (Å²) in [5.74, 6) is -0.361. The Bertz CT molecular complexity index is 2350. The van der Waals surface area contributed by atoms with Gasteiger partial charge in [0.1, 0.15) is 22.8 Å². The van der Waals surface area contributed by atoms with Gasteiger partial charge >= 0.3 is 0 Å². The molecule has 0 bridgehead atoms. The first-order valence-corrected chi connectivity index (χ1v) is 30.2. The molecular formula is C62H93N11O16. The summed E-state index contributed by atoms with van der Waals surface area (Å²) in [7, 11) is 1.71. The van der Waals surface area contributed by atoms with E-state index < -0.39 is 5.54 Å². The van der Waals surface area contributed by atoms with E-state index in [-0.39, 0.29) is 144 Å². The lowest BCUT2D eigenvalue weighted by Crippen LogP contribution is -2.59. The Morgan fingerprint density at radius 3 is 0.854 bits per heavy atom. The number of carbonyl (C=O) groups excluding carboxylic acids is 10. The maximum atomic E-state index is 13.3. The third-order valence-electron chi connectivity index (χ3n) is 12.5. The lowest BCUT2D eigenvalue weighted by molar-refractivity contribution is -0.130. The zero-order valence-electron chi connectivity index (χ0n) is 52.0. The molecule has 0 spiro atoms. The van der Waals surface area contributed by atoms with Gasteiger partial charge in [-0.15, -0.1) is 0 Å². The molecular weight excluding hydrogens is 1150 g/mol. The SMILES string of the molecule is CNCCC(=O)NC(COCCC(=O)NCCCNC(=O)CCCOc1ccc(NC(C)=O)cc1)(COCCC(=O)NCCCNC(=O)CCCOc1ccc(NC(C)=O)cc1)COCCC(=O)NCCCNC(=O)CCCOc1ccc(NC(C)=O)cc1. The molecule has 3 rings (SSSR count). The highest BCUT2D eigenvalue weighted by Crippen LogP contribution is 2.19. The van der Waals surface area contributed by atoms with Crippen molar-refractivity contribution < 1.29 is 76.4 Å². The van der Waals surface area contributed by atoms with Gasteiger partial charge in [-0.1, -0.05) is 0 Å². The van der Waals surface area contributed by atoms with Gasteiger partial charge in [0.05, 0.1) is 59.5 Å². The number of nitrogens with one attached hydrogen (secondary N) is 11. The second-order valence-corrected chi connectivity index (χ2v) is 20.7. The average molecular weight is 1250 g/mol. The second kappa shape index (κ2) is 45.8. The van der Waals surface area contributed by atoms with Gasteiger partial charge in [0.25, 0.3) is 0 Å². The second-order valence-electron chi connectivity index (χ2n) is 20.7. The smallest absolute Gasteiger partial charge is 0.222 e. The summed E-state index contributed by atoms with van der Waals surface area (Å²) in [6, 6.07) is 20.8. The molecule has 0 aliphatic carbocycles. The third kappa shape index (κ3) is 38.5. The lowest BCUT2D eigenvalue weighted by atomic mass is 10.0. The number of hydrogen-bond donors (Lipinski definition) is 11. The van der Waals surface area contributed by atoms with E-state index >= 15 is 0 Å². The largest absolute Gasteiger partial charge is 0.494 e. The molecule has 0 saturated heterocycles. The van der Waals surface area contributed by atoms with Crippen molar-refractivity contribution in [2.75, 3.05) is 128 Å². The molecule has 3 aromatic carbocycles. The Hall–Kier alpha value is -8.40. The molecule has 0 unspecified atom stereocenters. The summed E-state index contributed by atoms with van der Waals surface area (Å²) in [5.41, 5.74) is 0.654. The van der Waals surface area contributed by atoms with Crippen molar-refractivity contribution in [3.8, 4) is 17.2 Å². The maximum absolute atomic E-state index is 13.3. The molecule has 0 aliphatic heterocycles. The fourth-order valence-electron chi connectivity index (χ4n) is 8.07. The Morgan fingerprint density at radius 2 is 0.596 bits per heavy atom. The molecule has 27 nitrogen and oxygen atoms in total. The van der Waals surface area contributed by atoms with Gasteiger partial charge in [-0.3, -0.25) is 47.9 Å². The molecule has 10 amide bonds. The molecule has 11 N–H and O–H groups in total. The van der Waals surface area contributed by atoms with Gasteiger partial charge < -0.3 is 86.9 Å². The molecule has 0 aromatic heterocycles. The number of amides is 10. The molecule has 27 heteroatoms. The summed E-state index contributed by atoms with van der Waals surface area (Å²) in [6.07, 6.45) is 3.70. The number of carbonyl (C=O) groups is 10. The van der Waals surface area contributed by atoms with E-state index in [1.807, 2.05) is 0 Å². The number of rotatable bonds is 49. The predicted molar refractivity (Wildman–Crippen MR) is 334 cm³/mol. The van der Waals surface area contributed by atoms with Crippen LogP contribution in [0.25, 0.3) is 0 Å². The minimum absolute atomic E-state index is 0.0240. The van der Waals surface area contributed by atoms with Crippen molar-refractivity contribution in [1.82, 2.24) is 42.5 Å². The highest BCUT2D eigenvalue weighted by atomic mass is 16.5. The van der Waals surface area contributed by atoms with Crippen LogP contribution in [0.4, 0.5) is 17.1 Å². The van der Waals surface area contributed by atoms with Crippen LogP contribution in [0.1, 0.15) is 104 Å². The van der Waals surface area contributed by atoms with Gasteiger partial charge in [-0.05, 0) is 118 Å². The normalized spacial score (nSPS) is 10.8. The summed E-state index contributed by atoms with van der Waals surface area (Å²) in [6.45, 7) is 6.97.